The highest BCUT2D eigenvalue weighted by atomic mass is 16.7. The number of aliphatic hydroxyl groups excluding tert-OH is 2. The molecule has 2 aliphatic heterocycles. The molecular weight excluding hydrogens is 422 g/mol. The number of fused-ring (bicyclic) bond motifs is 6. The Morgan fingerprint density at radius 2 is 1.79 bits per heavy atom. The van der Waals surface area contributed by atoms with Crippen LogP contribution in [0.5, 0.6) is 0 Å². The lowest BCUT2D eigenvalue weighted by atomic mass is 9.42. The summed E-state index contributed by atoms with van der Waals surface area (Å²) >= 11 is 0. The van der Waals surface area contributed by atoms with E-state index in [0.717, 1.165) is 19.3 Å². The molecule has 0 bridgehead atoms. The summed E-state index contributed by atoms with van der Waals surface area (Å²) in [4.78, 5) is 15.8. The fourth-order valence-electron chi connectivity index (χ4n) is 8.01. The van der Waals surface area contributed by atoms with Crippen LogP contribution in [0, 0.1) is 22.7 Å². The van der Waals surface area contributed by atoms with Gasteiger partial charge >= 0.3 is 0 Å². The van der Waals surface area contributed by atoms with E-state index >= 15 is 0 Å². The van der Waals surface area contributed by atoms with Crippen LogP contribution in [0.4, 0.5) is 0 Å². The second-order valence-electron chi connectivity index (χ2n) is 12.3. The summed E-state index contributed by atoms with van der Waals surface area (Å²) in [5, 5.41) is 21.8. The average Bonchev–Trinajstić information content (AvgIpc) is 2.67. The molecule has 2 saturated carbocycles. The van der Waals surface area contributed by atoms with Gasteiger partial charge in [0.25, 0.3) is 0 Å². The van der Waals surface area contributed by atoms with Gasteiger partial charge in [0.2, 0.25) is 0 Å². The maximum absolute atomic E-state index is 13.9. The van der Waals surface area contributed by atoms with Gasteiger partial charge in [-0.1, -0.05) is 33.3 Å². The third kappa shape index (κ3) is 4.13. The first kappa shape index (κ1) is 25.3. The number of hydrogen-bond donors (Lipinski definition) is 2. The van der Waals surface area contributed by atoms with Gasteiger partial charge in [0, 0.05) is 25.9 Å². The summed E-state index contributed by atoms with van der Waals surface area (Å²) in [6.07, 6.45) is 2.02. The summed E-state index contributed by atoms with van der Waals surface area (Å²) in [7, 11) is 1.88. The largest absolute Gasteiger partial charge is 0.368 e. The predicted octanol–water partition coefficient (Wildman–Crippen LogP) is 2.88. The van der Waals surface area contributed by atoms with Gasteiger partial charge < -0.3 is 29.3 Å². The maximum Gasteiger partial charge on any atom is 0.167 e. The minimum absolute atomic E-state index is 0.0403. The van der Waals surface area contributed by atoms with Crippen molar-refractivity contribution in [2.45, 2.75) is 103 Å². The number of rotatable bonds is 1. The van der Waals surface area contributed by atoms with Crippen molar-refractivity contribution < 1.29 is 29.2 Å². The molecule has 0 aromatic heterocycles. The molecule has 188 valence electrons. The highest BCUT2D eigenvalue weighted by Gasteiger charge is 2.72. The first-order valence-corrected chi connectivity index (χ1v) is 12.5. The third-order valence-corrected chi connectivity index (χ3v) is 9.09. The van der Waals surface area contributed by atoms with E-state index in [2.05, 4.69) is 27.4 Å². The molecule has 4 fully saturated rings. The normalized spacial score (nSPS) is 51.1. The quantitative estimate of drug-likeness (QED) is 0.576. The number of likely N-dealkylation sites (N-methyl/N-ethyl adjacent to an activating group) is 1. The van der Waals surface area contributed by atoms with E-state index in [0.29, 0.717) is 19.5 Å². The molecule has 0 radical (unpaired) electrons. The lowest BCUT2D eigenvalue weighted by Crippen LogP contribution is -2.76. The zero-order valence-electron chi connectivity index (χ0n) is 21.2. The van der Waals surface area contributed by atoms with Crippen molar-refractivity contribution in [3.8, 4) is 0 Å². The van der Waals surface area contributed by atoms with E-state index in [-0.39, 0.29) is 29.0 Å². The van der Waals surface area contributed by atoms with Crippen molar-refractivity contribution in [1.82, 2.24) is 4.90 Å². The lowest BCUT2D eigenvalue weighted by Gasteiger charge is -2.68. The van der Waals surface area contributed by atoms with Crippen molar-refractivity contribution in [3.63, 3.8) is 0 Å². The van der Waals surface area contributed by atoms with Gasteiger partial charge in [-0.15, -0.1) is 6.58 Å². The molecule has 2 saturated heterocycles. The maximum atomic E-state index is 13.9. The van der Waals surface area contributed by atoms with Crippen LogP contribution in [0.15, 0.2) is 12.7 Å². The fraction of sp³-hybridized carbons (Fsp3) is 0.885. The second kappa shape index (κ2) is 8.38. The van der Waals surface area contributed by atoms with E-state index in [1.807, 2.05) is 25.8 Å². The van der Waals surface area contributed by atoms with Gasteiger partial charge in [-0.3, -0.25) is 4.79 Å². The van der Waals surface area contributed by atoms with Crippen LogP contribution in [0.3, 0.4) is 0 Å². The number of carbonyl (C=O) groups excluding carboxylic acids is 1. The Balaban J connectivity index is 1.90. The molecule has 7 nitrogen and oxygen atoms in total. The number of β-amino-alcohol motifs (C(OH)–C–C–N with tert-alkyl or cyclic N) is 1. The first-order valence-electron chi connectivity index (χ1n) is 12.5. The molecule has 33 heavy (non-hydrogen) atoms. The van der Waals surface area contributed by atoms with E-state index in [4.69, 9.17) is 14.2 Å². The first-order chi connectivity index (χ1) is 15.3. The van der Waals surface area contributed by atoms with Gasteiger partial charge in [0.15, 0.2) is 12.6 Å². The fourth-order valence-corrected chi connectivity index (χ4v) is 8.01. The van der Waals surface area contributed by atoms with Gasteiger partial charge in [-0.2, -0.15) is 0 Å². The van der Waals surface area contributed by atoms with Gasteiger partial charge in [-0.25, -0.2) is 0 Å². The Morgan fingerprint density at radius 1 is 1.09 bits per heavy atom. The van der Waals surface area contributed by atoms with Crippen molar-refractivity contribution in [3.05, 3.63) is 12.7 Å². The Morgan fingerprint density at radius 3 is 2.45 bits per heavy atom. The highest BCUT2D eigenvalue weighted by Crippen LogP contribution is 2.66. The molecule has 4 unspecified atom stereocenters. The minimum atomic E-state index is -1.06. The smallest absolute Gasteiger partial charge is 0.167 e. The van der Waals surface area contributed by atoms with Gasteiger partial charge in [-0.05, 0) is 50.5 Å². The summed E-state index contributed by atoms with van der Waals surface area (Å²) in [6.45, 7) is 15.3. The molecule has 0 aromatic carbocycles. The number of ether oxygens (including phenoxy) is 3. The topological polar surface area (TPSA) is 88.5 Å². The second-order valence-corrected chi connectivity index (χ2v) is 12.3. The standard InChI is InChI=1S/C26H43NO6/c1-8-24(4)14-16(28)20-25(5)12-9-11-23(2,3)21(25)19-22(26(20,6)33-24)32-18(30)15-27(7)13-10-17(29)31-19/h8,17-22,29-30H,1,9-15H2,2-7H3/t17?,18?,19-,20?,21?,22-,24-,25+,26-/m0/s1. The molecule has 2 aliphatic carbocycles. The molecule has 0 spiro atoms. The van der Waals surface area contributed by atoms with Crippen molar-refractivity contribution in [2.24, 2.45) is 22.7 Å². The summed E-state index contributed by atoms with van der Waals surface area (Å²) < 4.78 is 19.6. The predicted molar refractivity (Wildman–Crippen MR) is 124 cm³/mol. The van der Waals surface area contributed by atoms with Crippen molar-refractivity contribution >= 4 is 5.78 Å². The average molecular weight is 466 g/mol. The molecule has 2 N–H and O–H groups in total. The molecule has 9 atom stereocenters. The monoisotopic (exact) mass is 465 g/mol. The summed E-state index contributed by atoms with van der Waals surface area (Å²) in [5.74, 6) is -0.290. The van der Waals surface area contributed by atoms with E-state index in [1.165, 1.54) is 0 Å². The Kier molecular flexibility index (Phi) is 6.42. The Bertz CT molecular complexity index is 787. The molecule has 2 heterocycles. The molecular formula is C26H43NO6. The summed E-state index contributed by atoms with van der Waals surface area (Å²) in [6, 6.07) is 0. The number of carbonyl (C=O) groups is 1. The number of nitrogens with zero attached hydrogens (tertiary/aromatic N) is 1. The SMILES string of the molecule is C=C[C@@]1(C)CC(=O)C2[C@@]3(C)CCCC(C)(C)C3[C@@H]3OC(O)CCN(C)CC(O)O[C@@H]3[C@@]2(C)O1. The minimum Gasteiger partial charge on any atom is -0.368 e. The van der Waals surface area contributed by atoms with Crippen LogP contribution in [-0.2, 0) is 19.0 Å². The van der Waals surface area contributed by atoms with E-state index in [1.54, 1.807) is 6.08 Å². The molecule has 4 aliphatic rings. The van der Waals surface area contributed by atoms with Crippen LogP contribution < -0.4 is 0 Å². The van der Waals surface area contributed by atoms with E-state index in [9.17, 15) is 15.0 Å². The molecule has 4 rings (SSSR count). The lowest BCUT2D eigenvalue weighted by molar-refractivity contribution is -0.354. The Hall–Kier alpha value is -0.830. The van der Waals surface area contributed by atoms with Crippen LogP contribution >= 0.6 is 0 Å². The van der Waals surface area contributed by atoms with Crippen LogP contribution in [-0.4, -0.2) is 77.0 Å². The van der Waals surface area contributed by atoms with Crippen LogP contribution in [0.1, 0.15) is 66.7 Å². The van der Waals surface area contributed by atoms with E-state index < -0.39 is 41.9 Å². The number of aliphatic hydroxyl groups is 2. The van der Waals surface area contributed by atoms with Crippen LogP contribution in [0.25, 0.3) is 0 Å². The highest BCUT2D eigenvalue weighted by molar-refractivity contribution is 5.85. The zero-order chi connectivity index (χ0) is 24.4. The molecule has 0 aromatic rings. The van der Waals surface area contributed by atoms with Gasteiger partial charge in [0.05, 0.1) is 17.6 Å². The summed E-state index contributed by atoms with van der Waals surface area (Å²) in [5.41, 5.74) is -2.39. The van der Waals surface area contributed by atoms with Crippen molar-refractivity contribution in [1.29, 1.82) is 0 Å². The Labute approximate surface area is 198 Å². The van der Waals surface area contributed by atoms with Crippen LogP contribution in [0.2, 0.25) is 0 Å². The number of ketones is 1. The number of Topliss-reactive ketones (excluding diaryl/α,β-unsaturated/α-hetero) is 1. The molecule has 0 amide bonds. The number of hydrogen-bond acceptors (Lipinski definition) is 7. The van der Waals surface area contributed by atoms with Gasteiger partial charge in [0.1, 0.15) is 17.5 Å². The zero-order valence-corrected chi connectivity index (χ0v) is 21.2. The molecule has 7 heteroatoms. The third-order valence-electron chi connectivity index (χ3n) is 9.09. The van der Waals surface area contributed by atoms with Crippen molar-refractivity contribution in [2.75, 3.05) is 20.1 Å².